The standard InChI is InChI=1S/C21H20N2O4S2/c24-20-16-28-21(22(20)14-15-27-17-8-3-1-4-9-17)19-12-7-13-23(19)29(25,26)18-10-5-2-6-11-18/h1-13,21H,14-16H2. The van der Waals surface area contributed by atoms with E-state index < -0.39 is 10.0 Å². The molecule has 0 spiro atoms. The molecule has 1 aliphatic rings. The Kier molecular flexibility index (Phi) is 5.64. The maximum absolute atomic E-state index is 13.1. The highest BCUT2D eigenvalue weighted by Gasteiger charge is 2.36. The average molecular weight is 429 g/mol. The minimum atomic E-state index is -3.73. The largest absolute Gasteiger partial charge is 0.492 e. The Hall–Kier alpha value is -2.71. The van der Waals surface area contributed by atoms with Gasteiger partial charge in [-0.1, -0.05) is 36.4 Å². The summed E-state index contributed by atoms with van der Waals surface area (Å²) in [5.74, 6) is 1.02. The number of amides is 1. The van der Waals surface area contributed by atoms with Crippen molar-refractivity contribution >= 4 is 27.7 Å². The summed E-state index contributed by atoms with van der Waals surface area (Å²) in [7, 11) is -3.73. The van der Waals surface area contributed by atoms with Gasteiger partial charge in [0.2, 0.25) is 5.91 Å². The van der Waals surface area contributed by atoms with Crippen LogP contribution in [0.4, 0.5) is 0 Å². The first kappa shape index (κ1) is 19.6. The SMILES string of the molecule is O=C1CSC(c2cccn2S(=O)(=O)c2ccccc2)N1CCOc1ccccc1. The summed E-state index contributed by atoms with van der Waals surface area (Å²) >= 11 is 1.42. The second-order valence-corrected chi connectivity index (χ2v) is 9.34. The summed E-state index contributed by atoms with van der Waals surface area (Å²) in [6, 6.07) is 21.1. The third-order valence-electron chi connectivity index (χ3n) is 4.61. The van der Waals surface area contributed by atoms with Crippen molar-refractivity contribution in [3.63, 3.8) is 0 Å². The van der Waals surface area contributed by atoms with E-state index in [2.05, 4.69) is 0 Å². The van der Waals surface area contributed by atoms with E-state index in [1.54, 1.807) is 47.4 Å². The Balaban J connectivity index is 1.55. The van der Waals surface area contributed by atoms with Crippen molar-refractivity contribution < 1.29 is 17.9 Å². The third kappa shape index (κ3) is 4.04. The van der Waals surface area contributed by atoms with Gasteiger partial charge in [0.05, 0.1) is 22.9 Å². The molecule has 4 rings (SSSR count). The normalized spacial score (nSPS) is 16.9. The summed E-state index contributed by atoms with van der Waals surface area (Å²) in [5.41, 5.74) is 0.560. The zero-order valence-corrected chi connectivity index (χ0v) is 17.2. The number of ether oxygens (including phenoxy) is 1. The van der Waals surface area contributed by atoms with Crippen LogP contribution in [0.2, 0.25) is 0 Å². The van der Waals surface area contributed by atoms with Crippen molar-refractivity contribution in [3.8, 4) is 5.75 Å². The third-order valence-corrected chi connectivity index (χ3v) is 7.55. The quantitative estimate of drug-likeness (QED) is 0.577. The van der Waals surface area contributed by atoms with Crippen LogP contribution in [-0.2, 0) is 14.8 Å². The lowest BCUT2D eigenvalue weighted by atomic mass is 10.3. The molecule has 0 bridgehead atoms. The number of aromatic nitrogens is 1. The smallest absolute Gasteiger partial charge is 0.267 e. The Morgan fingerprint density at radius 3 is 2.38 bits per heavy atom. The molecule has 1 saturated heterocycles. The van der Waals surface area contributed by atoms with Crippen LogP contribution < -0.4 is 4.74 Å². The highest BCUT2D eigenvalue weighted by molar-refractivity contribution is 8.00. The molecule has 0 N–H and O–H groups in total. The molecule has 2 aromatic carbocycles. The molecule has 1 unspecified atom stereocenters. The van der Waals surface area contributed by atoms with Crippen LogP contribution in [0.1, 0.15) is 11.1 Å². The average Bonchev–Trinajstić information content (AvgIpc) is 3.37. The van der Waals surface area contributed by atoms with Crippen molar-refractivity contribution in [2.75, 3.05) is 18.9 Å². The lowest BCUT2D eigenvalue weighted by Crippen LogP contribution is -2.33. The Labute approximate surface area is 174 Å². The maximum atomic E-state index is 13.1. The summed E-state index contributed by atoms with van der Waals surface area (Å²) in [6.45, 7) is 0.709. The Bertz CT molecular complexity index is 1080. The molecule has 2 heterocycles. The molecule has 1 aromatic heterocycles. The molecule has 1 atom stereocenters. The summed E-state index contributed by atoms with van der Waals surface area (Å²) < 4.78 is 33.2. The number of hydrogen-bond donors (Lipinski definition) is 0. The molecule has 0 aliphatic carbocycles. The van der Waals surface area contributed by atoms with Gasteiger partial charge in [0.15, 0.2) is 0 Å². The zero-order chi connectivity index (χ0) is 20.3. The van der Waals surface area contributed by atoms with Gasteiger partial charge in [-0.05, 0) is 36.4 Å². The van der Waals surface area contributed by atoms with Gasteiger partial charge in [0.25, 0.3) is 10.0 Å². The highest BCUT2D eigenvalue weighted by atomic mass is 32.2. The molecule has 1 fully saturated rings. The minimum Gasteiger partial charge on any atom is -0.492 e. The Morgan fingerprint density at radius 1 is 0.966 bits per heavy atom. The van der Waals surface area contributed by atoms with Crippen molar-refractivity contribution in [3.05, 3.63) is 84.7 Å². The highest BCUT2D eigenvalue weighted by Crippen LogP contribution is 2.39. The van der Waals surface area contributed by atoms with Crippen molar-refractivity contribution in [2.45, 2.75) is 10.3 Å². The van der Waals surface area contributed by atoms with Crippen LogP contribution in [0.15, 0.2) is 83.9 Å². The molecule has 29 heavy (non-hydrogen) atoms. The monoisotopic (exact) mass is 428 g/mol. The van der Waals surface area contributed by atoms with Gasteiger partial charge in [-0.25, -0.2) is 12.4 Å². The maximum Gasteiger partial charge on any atom is 0.267 e. The molecule has 8 heteroatoms. The van der Waals surface area contributed by atoms with Gasteiger partial charge in [0.1, 0.15) is 17.7 Å². The Morgan fingerprint density at radius 2 is 1.66 bits per heavy atom. The fourth-order valence-electron chi connectivity index (χ4n) is 3.21. The summed E-state index contributed by atoms with van der Waals surface area (Å²) in [4.78, 5) is 14.3. The van der Waals surface area contributed by atoms with Gasteiger partial charge in [-0.15, -0.1) is 11.8 Å². The topological polar surface area (TPSA) is 68.6 Å². The van der Waals surface area contributed by atoms with E-state index in [4.69, 9.17) is 4.74 Å². The van der Waals surface area contributed by atoms with E-state index in [0.29, 0.717) is 24.6 Å². The van der Waals surface area contributed by atoms with Crippen molar-refractivity contribution in [1.82, 2.24) is 8.87 Å². The molecule has 1 amide bonds. The van der Waals surface area contributed by atoms with Crippen molar-refractivity contribution in [2.24, 2.45) is 0 Å². The number of benzene rings is 2. The fraction of sp³-hybridized carbons (Fsp3) is 0.190. The molecule has 0 radical (unpaired) electrons. The van der Waals surface area contributed by atoms with E-state index in [0.717, 1.165) is 5.75 Å². The number of nitrogens with zero attached hydrogens (tertiary/aromatic N) is 2. The molecule has 6 nitrogen and oxygen atoms in total. The number of rotatable bonds is 7. The van der Waals surface area contributed by atoms with E-state index in [-0.39, 0.29) is 16.2 Å². The molecule has 3 aromatic rings. The molecular formula is C21H20N2O4S2. The van der Waals surface area contributed by atoms with Gasteiger partial charge in [-0.2, -0.15) is 0 Å². The predicted octanol–water partition coefficient (Wildman–Crippen LogP) is 3.38. The number of carbonyl (C=O) groups is 1. The summed E-state index contributed by atoms with van der Waals surface area (Å²) in [6.07, 6.45) is 1.53. The zero-order valence-electron chi connectivity index (χ0n) is 15.5. The number of carbonyl (C=O) groups excluding carboxylic acids is 1. The molecule has 0 saturated carbocycles. The second-order valence-electron chi connectivity index (χ2n) is 6.46. The minimum absolute atomic E-state index is 0.0264. The van der Waals surface area contributed by atoms with Crippen molar-refractivity contribution in [1.29, 1.82) is 0 Å². The van der Waals surface area contributed by atoms with Gasteiger partial charge < -0.3 is 9.64 Å². The lowest BCUT2D eigenvalue weighted by Gasteiger charge is -2.25. The van der Waals surface area contributed by atoms with Crippen LogP contribution in [0.3, 0.4) is 0 Å². The van der Waals surface area contributed by atoms with Gasteiger partial charge in [0, 0.05) is 6.20 Å². The lowest BCUT2D eigenvalue weighted by molar-refractivity contribution is -0.128. The summed E-state index contributed by atoms with van der Waals surface area (Å²) in [5, 5.41) is -0.379. The van der Waals surface area contributed by atoms with Gasteiger partial charge in [-0.3, -0.25) is 4.79 Å². The van der Waals surface area contributed by atoms with E-state index in [1.807, 2.05) is 30.3 Å². The van der Waals surface area contributed by atoms with Crippen LogP contribution >= 0.6 is 11.8 Å². The first-order chi connectivity index (χ1) is 14.1. The molecular weight excluding hydrogens is 408 g/mol. The predicted molar refractivity (Wildman–Crippen MR) is 112 cm³/mol. The van der Waals surface area contributed by atoms with Crippen LogP contribution in [0, 0.1) is 0 Å². The first-order valence-corrected chi connectivity index (χ1v) is 11.6. The molecule has 150 valence electrons. The number of hydrogen-bond acceptors (Lipinski definition) is 5. The second kappa shape index (κ2) is 8.34. The van der Waals surface area contributed by atoms with Crippen LogP contribution in [0.5, 0.6) is 5.75 Å². The number of thioether (sulfide) groups is 1. The van der Waals surface area contributed by atoms with E-state index in [9.17, 15) is 13.2 Å². The molecule has 1 aliphatic heterocycles. The van der Waals surface area contributed by atoms with Gasteiger partial charge >= 0.3 is 0 Å². The van der Waals surface area contributed by atoms with Crippen LogP contribution in [-0.4, -0.2) is 42.1 Å². The van der Waals surface area contributed by atoms with E-state index >= 15 is 0 Å². The first-order valence-electron chi connectivity index (χ1n) is 9.14. The fourth-order valence-corrected chi connectivity index (χ4v) is 5.91. The number of para-hydroxylation sites is 1. The van der Waals surface area contributed by atoms with Crippen LogP contribution in [0.25, 0.3) is 0 Å². The van der Waals surface area contributed by atoms with E-state index in [1.165, 1.54) is 21.9 Å².